The van der Waals surface area contributed by atoms with Gasteiger partial charge in [0.15, 0.2) is 0 Å². The summed E-state index contributed by atoms with van der Waals surface area (Å²) in [7, 11) is 0. The van der Waals surface area contributed by atoms with E-state index in [1.807, 2.05) is 24.0 Å². The van der Waals surface area contributed by atoms with Gasteiger partial charge in [-0.1, -0.05) is 31.2 Å². The van der Waals surface area contributed by atoms with Crippen molar-refractivity contribution in [3.05, 3.63) is 35.4 Å². The summed E-state index contributed by atoms with van der Waals surface area (Å²) in [5, 5.41) is 9.97. The van der Waals surface area contributed by atoms with E-state index in [-0.39, 0.29) is 35.8 Å². The molecule has 0 spiro atoms. The minimum atomic E-state index is -0.379. The van der Waals surface area contributed by atoms with Crippen LogP contribution in [0.4, 0.5) is 0 Å². The highest BCUT2D eigenvalue weighted by Gasteiger charge is 2.59. The molecule has 1 aromatic rings. The number of hydrogen-bond acceptors (Lipinski definition) is 3. The summed E-state index contributed by atoms with van der Waals surface area (Å²) in [5.41, 5.74) is 1.93. The van der Waals surface area contributed by atoms with Crippen LogP contribution in [0.5, 0.6) is 0 Å². The predicted octanol–water partition coefficient (Wildman–Crippen LogP) is 3.49. The second-order valence-electron chi connectivity index (χ2n) is 9.13. The molecule has 1 aromatic carbocycles. The van der Waals surface area contributed by atoms with Crippen LogP contribution in [0.15, 0.2) is 24.3 Å². The third-order valence-electron chi connectivity index (χ3n) is 7.43. The van der Waals surface area contributed by atoms with Gasteiger partial charge in [0, 0.05) is 18.4 Å². The molecule has 0 aliphatic heterocycles. The number of aliphatic hydroxyl groups is 1. The maximum absolute atomic E-state index is 13.9. The van der Waals surface area contributed by atoms with Crippen LogP contribution in [0.1, 0.15) is 56.6 Å². The van der Waals surface area contributed by atoms with Crippen molar-refractivity contribution in [2.45, 2.75) is 65.0 Å². The maximum atomic E-state index is 13.9. The van der Waals surface area contributed by atoms with Gasteiger partial charge in [0.2, 0.25) is 5.91 Å². The first kappa shape index (κ1) is 18.7. The fraction of sp³-hybridized carbons (Fsp3) is 0.652. The Morgan fingerprint density at radius 1 is 1.22 bits per heavy atom. The fourth-order valence-electron chi connectivity index (χ4n) is 6.10. The molecule has 1 amide bonds. The molecule has 5 atom stereocenters. The molecule has 4 aliphatic rings. The maximum Gasteiger partial charge on any atom is 0.229 e. The molecule has 0 heterocycles. The Balaban J connectivity index is 1.65. The topological polar surface area (TPSA) is 57.6 Å². The highest BCUT2D eigenvalue weighted by molar-refractivity contribution is 5.91. The molecule has 4 bridgehead atoms. The number of carbonyl (C=O) groups excluding carboxylic acids is 2. The fourth-order valence-corrected chi connectivity index (χ4v) is 6.10. The third kappa shape index (κ3) is 3.12. The molecule has 4 aliphatic carbocycles. The molecule has 5 rings (SSSR count). The highest BCUT2D eigenvalue weighted by atomic mass is 16.3. The number of amides is 1. The Hall–Kier alpha value is -1.68. The van der Waals surface area contributed by atoms with Gasteiger partial charge in [-0.05, 0) is 62.5 Å². The van der Waals surface area contributed by atoms with Gasteiger partial charge in [-0.15, -0.1) is 0 Å². The first-order valence-electron chi connectivity index (χ1n) is 10.5. The number of benzene rings is 1. The minimum Gasteiger partial charge on any atom is -0.394 e. The van der Waals surface area contributed by atoms with Gasteiger partial charge in [-0.2, -0.15) is 0 Å². The molecule has 4 heteroatoms. The van der Waals surface area contributed by atoms with Crippen LogP contribution in [0.3, 0.4) is 0 Å². The second kappa shape index (κ2) is 7.05. The van der Waals surface area contributed by atoms with E-state index in [0.29, 0.717) is 18.2 Å². The summed E-state index contributed by atoms with van der Waals surface area (Å²) in [6, 6.07) is 8.00. The Morgan fingerprint density at radius 2 is 1.89 bits per heavy atom. The lowest BCUT2D eigenvalue weighted by molar-refractivity contribution is -0.167. The van der Waals surface area contributed by atoms with Gasteiger partial charge in [0.1, 0.15) is 5.78 Å². The zero-order valence-corrected chi connectivity index (χ0v) is 16.5. The zero-order chi connectivity index (χ0) is 19.2. The van der Waals surface area contributed by atoms with Gasteiger partial charge in [-0.25, -0.2) is 0 Å². The van der Waals surface area contributed by atoms with Crippen LogP contribution in [0, 0.1) is 30.1 Å². The van der Waals surface area contributed by atoms with Gasteiger partial charge < -0.3 is 10.0 Å². The third-order valence-corrected chi connectivity index (χ3v) is 7.43. The van der Waals surface area contributed by atoms with Crippen LogP contribution in [0.2, 0.25) is 0 Å². The summed E-state index contributed by atoms with van der Waals surface area (Å²) in [6.45, 7) is 4.63. The van der Waals surface area contributed by atoms with Crippen LogP contribution < -0.4 is 0 Å². The molecule has 2 unspecified atom stereocenters. The smallest absolute Gasteiger partial charge is 0.229 e. The Labute approximate surface area is 161 Å². The first-order valence-corrected chi connectivity index (χ1v) is 10.5. The average Bonchev–Trinajstić information content (AvgIpc) is 2.66. The highest BCUT2D eigenvalue weighted by Crippen LogP contribution is 2.59. The number of aryl methyl sites for hydroxylation is 1. The van der Waals surface area contributed by atoms with Crippen LogP contribution >= 0.6 is 0 Å². The molecule has 1 N–H and O–H groups in total. The van der Waals surface area contributed by atoms with Crippen molar-refractivity contribution in [1.29, 1.82) is 0 Å². The first-order chi connectivity index (χ1) is 13.0. The molecule has 27 heavy (non-hydrogen) atoms. The molecule has 4 nitrogen and oxygen atoms in total. The second-order valence-corrected chi connectivity index (χ2v) is 9.13. The Kier molecular flexibility index (Phi) is 4.87. The van der Waals surface area contributed by atoms with Crippen molar-refractivity contribution < 1.29 is 14.7 Å². The summed E-state index contributed by atoms with van der Waals surface area (Å²) in [4.78, 5) is 28.3. The molecule has 0 radical (unpaired) electrons. The molecule has 4 fully saturated rings. The minimum absolute atomic E-state index is 0.0145. The number of ketones is 1. The molecule has 4 saturated carbocycles. The van der Waals surface area contributed by atoms with Crippen molar-refractivity contribution in [1.82, 2.24) is 4.90 Å². The molecule has 0 aromatic heterocycles. The number of hydrogen-bond donors (Lipinski definition) is 1. The lowest BCUT2D eigenvalue weighted by Crippen LogP contribution is -2.59. The SMILES string of the molecule is CC[C@H](CO)N(Cc1ccccc1C)C(=O)C12CC3C[C@H](C1)C(=O)[C@@H](C3)C2. The van der Waals surface area contributed by atoms with E-state index in [1.54, 1.807) is 0 Å². The normalized spacial score (nSPS) is 32.6. The van der Waals surface area contributed by atoms with Crippen molar-refractivity contribution in [2.75, 3.05) is 6.61 Å². The molecule has 146 valence electrons. The average molecular weight is 370 g/mol. The quantitative estimate of drug-likeness (QED) is 0.835. The van der Waals surface area contributed by atoms with Crippen LogP contribution in [0.25, 0.3) is 0 Å². The van der Waals surface area contributed by atoms with Crippen molar-refractivity contribution in [3.63, 3.8) is 0 Å². The largest absolute Gasteiger partial charge is 0.394 e. The van der Waals surface area contributed by atoms with Crippen molar-refractivity contribution >= 4 is 11.7 Å². The van der Waals surface area contributed by atoms with Crippen LogP contribution in [-0.4, -0.2) is 34.3 Å². The van der Waals surface area contributed by atoms with E-state index in [2.05, 4.69) is 19.1 Å². The summed E-state index contributed by atoms with van der Waals surface area (Å²) < 4.78 is 0. The lowest BCUT2D eigenvalue weighted by Gasteiger charge is -2.56. The van der Waals surface area contributed by atoms with E-state index < -0.39 is 0 Å². The van der Waals surface area contributed by atoms with E-state index in [1.165, 1.54) is 5.56 Å². The number of nitrogens with zero attached hydrogens (tertiary/aromatic N) is 1. The standard InChI is InChI=1S/C23H31NO3/c1-3-20(14-25)24(13-17-7-5-4-6-15(17)2)22(27)23-10-16-8-18(11-23)21(26)19(9-16)12-23/h4-7,16,18-20,25H,3,8-14H2,1-2H3/t16?,18-,19+,20-,23?/m1/s1. The summed E-state index contributed by atoms with van der Waals surface area (Å²) >= 11 is 0. The van der Waals surface area contributed by atoms with E-state index >= 15 is 0 Å². The number of aliphatic hydroxyl groups excluding tert-OH is 1. The van der Waals surface area contributed by atoms with Gasteiger partial charge in [0.25, 0.3) is 0 Å². The molecular weight excluding hydrogens is 338 g/mol. The molecular formula is C23H31NO3. The number of carbonyl (C=O) groups is 2. The number of Topliss-reactive ketones (excluding diaryl/α,β-unsaturated/α-hetero) is 1. The van der Waals surface area contributed by atoms with E-state index in [0.717, 1.165) is 44.1 Å². The number of rotatable bonds is 6. The Bertz CT molecular complexity index is 721. The van der Waals surface area contributed by atoms with Gasteiger partial charge >= 0.3 is 0 Å². The van der Waals surface area contributed by atoms with Crippen molar-refractivity contribution in [3.8, 4) is 0 Å². The van der Waals surface area contributed by atoms with Gasteiger partial charge in [0.05, 0.1) is 18.1 Å². The van der Waals surface area contributed by atoms with Gasteiger partial charge in [-0.3, -0.25) is 9.59 Å². The van der Waals surface area contributed by atoms with Crippen LogP contribution in [-0.2, 0) is 16.1 Å². The van der Waals surface area contributed by atoms with E-state index in [9.17, 15) is 14.7 Å². The predicted molar refractivity (Wildman–Crippen MR) is 104 cm³/mol. The van der Waals surface area contributed by atoms with Crippen molar-refractivity contribution in [2.24, 2.45) is 23.2 Å². The monoisotopic (exact) mass is 369 g/mol. The lowest BCUT2D eigenvalue weighted by atomic mass is 9.48. The summed E-state index contributed by atoms with van der Waals surface area (Å²) in [6.07, 6.45) is 5.09. The molecule has 0 saturated heterocycles. The Morgan fingerprint density at radius 3 is 2.48 bits per heavy atom. The van der Waals surface area contributed by atoms with E-state index in [4.69, 9.17) is 0 Å². The summed E-state index contributed by atoms with van der Waals surface area (Å²) in [5.74, 6) is 1.30. The zero-order valence-electron chi connectivity index (χ0n) is 16.5.